The van der Waals surface area contributed by atoms with Gasteiger partial charge in [0.15, 0.2) is 0 Å². The number of rotatable bonds is 6. The standard InChI is InChI=1S/C15H27BrN4/c1-4-13-15(16)14(20(5-2)18-13)11-19(3)10-12-8-6-7-9-17-12/h12,17H,4-11H2,1-3H3. The number of nitrogens with zero attached hydrogens (tertiary/aromatic N) is 3. The lowest BCUT2D eigenvalue weighted by atomic mass is 10.0. The van der Waals surface area contributed by atoms with E-state index >= 15 is 0 Å². The van der Waals surface area contributed by atoms with Crippen LogP contribution in [-0.2, 0) is 19.5 Å². The molecule has 0 aromatic carbocycles. The molecule has 1 atom stereocenters. The molecule has 114 valence electrons. The van der Waals surface area contributed by atoms with Gasteiger partial charge in [-0.05, 0) is 55.7 Å². The maximum Gasteiger partial charge on any atom is 0.0767 e. The van der Waals surface area contributed by atoms with Gasteiger partial charge in [-0.1, -0.05) is 13.3 Å². The Labute approximate surface area is 131 Å². The second-order valence-corrected chi connectivity index (χ2v) is 6.51. The minimum Gasteiger partial charge on any atom is -0.313 e. The molecule has 1 aliphatic rings. The van der Waals surface area contributed by atoms with Crippen LogP contribution in [-0.4, -0.2) is 40.9 Å². The molecule has 20 heavy (non-hydrogen) atoms. The van der Waals surface area contributed by atoms with Gasteiger partial charge < -0.3 is 5.32 Å². The van der Waals surface area contributed by atoms with Crippen molar-refractivity contribution in [2.45, 2.75) is 58.7 Å². The number of likely N-dealkylation sites (N-methyl/N-ethyl adjacent to an activating group) is 1. The molecule has 0 radical (unpaired) electrons. The monoisotopic (exact) mass is 342 g/mol. The number of nitrogens with one attached hydrogen (secondary N) is 1. The van der Waals surface area contributed by atoms with Gasteiger partial charge in [0.1, 0.15) is 0 Å². The summed E-state index contributed by atoms with van der Waals surface area (Å²) < 4.78 is 3.33. The number of aryl methyl sites for hydroxylation is 2. The van der Waals surface area contributed by atoms with Crippen LogP contribution in [0.5, 0.6) is 0 Å². The highest BCUT2D eigenvalue weighted by Gasteiger charge is 2.18. The fraction of sp³-hybridized carbons (Fsp3) is 0.800. The number of halogens is 1. The third-order valence-corrected chi connectivity index (χ3v) is 4.97. The molecular formula is C15H27BrN4. The van der Waals surface area contributed by atoms with Crippen molar-refractivity contribution in [2.75, 3.05) is 20.1 Å². The Morgan fingerprint density at radius 2 is 2.20 bits per heavy atom. The molecule has 2 rings (SSSR count). The fourth-order valence-electron chi connectivity index (χ4n) is 2.94. The summed E-state index contributed by atoms with van der Waals surface area (Å²) in [5.74, 6) is 0. The average molecular weight is 343 g/mol. The lowest BCUT2D eigenvalue weighted by Gasteiger charge is -2.28. The number of hydrogen-bond donors (Lipinski definition) is 1. The summed E-state index contributed by atoms with van der Waals surface area (Å²) in [6.45, 7) is 8.50. The van der Waals surface area contributed by atoms with Crippen LogP contribution in [0.4, 0.5) is 0 Å². The summed E-state index contributed by atoms with van der Waals surface area (Å²) in [6, 6.07) is 0.649. The average Bonchev–Trinajstić information content (AvgIpc) is 2.76. The zero-order chi connectivity index (χ0) is 14.5. The Balaban J connectivity index is 1.99. The Morgan fingerprint density at radius 1 is 1.40 bits per heavy atom. The van der Waals surface area contributed by atoms with Crippen LogP contribution in [0.15, 0.2) is 4.47 Å². The summed E-state index contributed by atoms with van der Waals surface area (Å²) in [5, 5.41) is 8.29. The van der Waals surface area contributed by atoms with Gasteiger partial charge in [0.05, 0.1) is 15.9 Å². The van der Waals surface area contributed by atoms with Gasteiger partial charge >= 0.3 is 0 Å². The third-order valence-electron chi connectivity index (χ3n) is 4.06. The van der Waals surface area contributed by atoms with Crippen LogP contribution >= 0.6 is 15.9 Å². The summed E-state index contributed by atoms with van der Waals surface area (Å²) in [6.07, 6.45) is 4.98. The van der Waals surface area contributed by atoms with E-state index in [1.807, 2.05) is 0 Å². The molecule has 5 heteroatoms. The topological polar surface area (TPSA) is 33.1 Å². The highest BCUT2D eigenvalue weighted by molar-refractivity contribution is 9.10. The van der Waals surface area contributed by atoms with Crippen molar-refractivity contribution in [3.05, 3.63) is 15.9 Å². The maximum absolute atomic E-state index is 4.67. The maximum atomic E-state index is 4.67. The van der Waals surface area contributed by atoms with Gasteiger partial charge in [-0.2, -0.15) is 5.10 Å². The summed E-state index contributed by atoms with van der Waals surface area (Å²) in [7, 11) is 2.21. The Kier molecular flexibility index (Phi) is 6.05. The van der Waals surface area contributed by atoms with E-state index in [1.54, 1.807) is 0 Å². The first-order valence-electron chi connectivity index (χ1n) is 7.81. The van der Waals surface area contributed by atoms with Crippen LogP contribution < -0.4 is 5.32 Å². The molecule has 2 heterocycles. The quantitative estimate of drug-likeness (QED) is 0.862. The molecule has 1 unspecified atom stereocenters. The minimum atomic E-state index is 0.649. The van der Waals surface area contributed by atoms with Crippen LogP contribution in [0.25, 0.3) is 0 Å². The molecule has 0 amide bonds. The van der Waals surface area contributed by atoms with E-state index < -0.39 is 0 Å². The number of hydrogen-bond acceptors (Lipinski definition) is 3. The molecule has 0 aliphatic carbocycles. The zero-order valence-corrected chi connectivity index (χ0v) is 14.5. The van der Waals surface area contributed by atoms with E-state index in [4.69, 9.17) is 0 Å². The molecule has 0 saturated carbocycles. The highest BCUT2D eigenvalue weighted by atomic mass is 79.9. The van der Waals surface area contributed by atoms with E-state index in [0.29, 0.717) is 6.04 Å². The first-order valence-corrected chi connectivity index (χ1v) is 8.61. The van der Waals surface area contributed by atoms with Crippen molar-refractivity contribution in [1.29, 1.82) is 0 Å². The minimum absolute atomic E-state index is 0.649. The molecular weight excluding hydrogens is 316 g/mol. The van der Waals surface area contributed by atoms with Crippen molar-refractivity contribution >= 4 is 15.9 Å². The van der Waals surface area contributed by atoms with Crippen LogP contribution in [0, 0.1) is 0 Å². The Bertz CT molecular complexity index is 424. The van der Waals surface area contributed by atoms with Gasteiger partial charge in [0, 0.05) is 25.7 Å². The molecule has 0 bridgehead atoms. The first kappa shape index (κ1) is 16.0. The van der Waals surface area contributed by atoms with Gasteiger partial charge in [-0.25, -0.2) is 0 Å². The number of aromatic nitrogens is 2. The van der Waals surface area contributed by atoms with E-state index in [9.17, 15) is 0 Å². The van der Waals surface area contributed by atoms with Crippen molar-refractivity contribution in [1.82, 2.24) is 20.0 Å². The van der Waals surface area contributed by atoms with E-state index in [1.165, 1.54) is 41.7 Å². The van der Waals surface area contributed by atoms with Gasteiger partial charge in [-0.3, -0.25) is 9.58 Å². The molecule has 1 aromatic rings. The number of piperidine rings is 1. The lowest BCUT2D eigenvalue weighted by Crippen LogP contribution is -2.42. The third kappa shape index (κ3) is 3.83. The van der Waals surface area contributed by atoms with E-state index in [-0.39, 0.29) is 0 Å². The molecule has 0 spiro atoms. The predicted molar refractivity (Wildman–Crippen MR) is 87.0 cm³/mol. The molecule has 1 aliphatic heterocycles. The lowest BCUT2D eigenvalue weighted by molar-refractivity contribution is 0.250. The highest BCUT2D eigenvalue weighted by Crippen LogP contribution is 2.23. The molecule has 1 saturated heterocycles. The second-order valence-electron chi connectivity index (χ2n) is 5.72. The summed E-state index contributed by atoms with van der Waals surface area (Å²) in [4.78, 5) is 2.41. The van der Waals surface area contributed by atoms with Crippen molar-refractivity contribution in [3.8, 4) is 0 Å². The second kappa shape index (κ2) is 7.57. The molecule has 1 aromatic heterocycles. The Hall–Kier alpha value is -0.390. The normalized spacial score (nSPS) is 19.8. The van der Waals surface area contributed by atoms with Gasteiger partial charge in [0.25, 0.3) is 0 Å². The van der Waals surface area contributed by atoms with Crippen molar-refractivity contribution in [2.24, 2.45) is 0 Å². The van der Waals surface area contributed by atoms with Crippen LogP contribution in [0.2, 0.25) is 0 Å². The predicted octanol–water partition coefficient (Wildman–Crippen LogP) is 2.80. The van der Waals surface area contributed by atoms with Crippen molar-refractivity contribution < 1.29 is 0 Å². The summed E-state index contributed by atoms with van der Waals surface area (Å²) >= 11 is 3.73. The Morgan fingerprint density at radius 3 is 2.80 bits per heavy atom. The molecule has 1 fully saturated rings. The van der Waals surface area contributed by atoms with Crippen molar-refractivity contribution in [3.63, 3.8) is 0 Å². The smallest absolute Gasteiger partial charge is 0.0767 e. The van der Waals surface area contributed by atoms with Gasteiger partial charge in [0.2, 0.25) is 0 Å². The zero-order valence-electron chi connectivity index (χ0n) is 13.0. The fourth-order valence-corrected chi connectivity index (χ4v) is 3.63. The molecule has 1 N–H and O–H groups in total. The van der Waals surface area contributed by atoms with Crippen LogP contribution in [0.1, 0.15) is 44.5 Å². The van der Waals surface area contributed by atoms with Crippen LogP contribution in [0.3, 0.4) is 0 Å². The SMILES string of the molecule is CCc1nn(CC)c(CN(C)CC2CCCCN2)c1Br. The van der Waals surface area contributed by atoms with E-state index in [0.717, 1.165) is 26.1 Å². The summed E-state index contributed by atoms with van der Waals surface area (Å²) in [5.41, 5.74) is 2.48. The first-order chi connectivity index (χ1) is 9.65. The largest absolute Gasteiger partial charge is 0.313 e. The van der Waals surface area contributed by atoms with Gasteiger partial charge in [-0.15, -0.1) is 0 Å². The van der Waals surface area contributed by atoms with E-state index in [2.05, 4.69) is 56.8 Å². The molecule has 4 nitrogen and oxygen atoms in total.